The number of fused-ring (bicyclic) bond motifs is 1. The van der Waals surface area contributed by atoms with Crippen molar-refractivity contribution in [3.8, 4) is 12.3 Å². The first-order valence-corrected chi connectivity index (χ1v) is 7.19. The van der Waals surface area contributed by atoms with Gasteiger partial charge in [0.05, 0.1) is 6.04 Å². The van der Waals surface area contributed by atoms with E-state index in [1.54, 1.807) is 0 Å². The van der Waals surface area contributed by atoms with Gasteiger partial charge in [-0.25, -0.2) is 0 Å². The van der Waals surface area contributed by atoms with E-state index in [1.807, 2.05) is 11.3 Å². The van der Waals surface area contributed by atoms with E-state index in [2.05, 4.69) is 56.3 Å². The zero-order valence-electron chi connectivity index (χ0n) is 11.2. The third kappa shape index (κ3) is 2.43. The highest BCUT2D eigenvalue weighted by molar-refractivity contribution is 7.19. The van der Waals surface area contributed by atoms with Crippen molar-refractivity contribution in [3.05, 3.63) is 34.7 Å². The van der Waals surface area contributed by atoms with Crippen LogP contribution in [-0.2, 0) is 0 Å². The summed E-state index contributed by atoms with van der Waals surface area (Å²) >= 11 is 1.86. The second-order valence-electron chi connectivity index (χ2n) is 4.60. The quantitative estimate of drug-likeness (QED) is 0.806. The van der Waals surface area contributed by atoms with Crippen LogP contribution in [0.25, 0.3) is 10.1 Å². The molecular formula is C16H19NS. The summed E-state index contributed by atoms with van der Waals surface area (Å²) in [6, 6.07) is 9.03. The molecule has 18 heavy (non-hydrogen) atoms. The number of thiophene rings is 1. The summed E-state index contributed by atoms with van der Waals surface area (Å²) in [4.78, 5) is 1.39. The van der Waals surface area contributed by atoms with Gasteiger partial charge >= 0.3 is 0 Å². The van der Waals surface area contributed by atoms with Gasteiger partial charge < -0.3 is 0 Å². The maximum absolute atomic E-state index is 5.51. The lowest BCUT2D eigenvalue weighted by Gasteiger charge is -2.17. The van der Waals surface area contributed by atoms with Gasteiger partial charge in [0.1, 0.15) is 0 Å². The molecule has 0 bridgehead atoms. The minimum absolute atomic E-state index is 0.157. The summed E-state index contributed by atoms with van der Waals surface area (Å²) in [7, 11) is 0. The fourth-order valence-electron chi connectivity index (χ4n) is 2.27. The summed E-state index contributed by atoms with van der Waals surface area (Å²) in [5, 5.41) is 4.87. The van der Waals surface area contributed by atoms with Gasteiger partial charge in [0.2, 0.25) is 0 Å². The topological polar surface area (TPSA) is 12.0 Å². The fourth-order valence-corrected chi connectivity index (χ4v) is 3.49. The first-order valence-electron chi connectivity index (χ1n) is 6.37. The van der Waals surface area contributed by atoms with E-state index in [0.717, 1.165) is 6.42 Å². The molecule has 0 aliphatic heterocycles. The van der Waals surface area contributed by atoms with Crippen molar-refractivity contribution >= 4 is 21.4 Å². The Balaban J connectivity index is 2.31. The van der Waals surface area contributed by atoms with Crippen molar-refractivity contribution in [2.24, 2.45) is 0 Å². The second-order valence-corrected chi connectivity index (χ2v) is 5.69. The van der Waals surface area contributed by atoms with Gasteiger partial charge in [-0.15, -0.1) is 17.8 Å². The maximum atomic E-state index is 5.51. The molecule has 0 amide bonds. The Hall–Kier alpha value is -1.30. The van der Waals surface area contributed by atoms with Crippen molar-refractivity contribution in [2.75, 3.05) is 0 Å². The molecule has 1 N–H and O–H groups in total. The van der Waals surface area contributed by atoms with Crippen LogP contribution in [0, 0.1) is 19.3 Å². The zero-order chi connectivity index (χ0) is 13.1. The van der Waals surface area contributed by atoms with Crippen LogP contribution in [-0.4, -0.2) is 6.04 Å². The van der Waals surface area contributed by atoms with Gasteiger partial charge in [-0.2, -0.15) is 0 Å². The number of hydrogen-bond acceptors (Lipinski definition) is 2. The lowest BCUT2D eigenvalue weighted by molar-refractivity contribution is 0.517. The molecule has 0 aliphatic rings. The largest absolute Gasteiger partial charge is 0.296 e. The lowest BCUT2D eigenvalue weighted by Crippen LogP contribution is -2.29. The molecule has 1 aromatic heterocycles. The molecule has 0 aliphatic carbocycles. The summed E-state index contributed by atoms with van der Waals surface area (Å²) < 4.78 is 1.35. The van der Waals surface area contributed by atoms with E-state index < -0.39 is 0 Å². The van der Waals surface area contributed by atoms with Crippen LogP contribution in [0.15, 0.2) is 24.3 Å². The van der Waals surface area contributed by atoms with Crippen LogP contribution in [0.2, 0.25) is 0 Å². The molecule has 0 fully saturated rings. The smallest absolute Gasteiger partial charge is 0.0689 e. The van der Waals surface area contributed by atoms with Crippen molar-refractivity contribution in [3.63, 3.8) is 0 Å². The summed E-state index contributed by atoms with van der Waals surface area (Å²) in [5.41, 5.74) is 1.38. The number of nitrogens with one attached hydrogen (secondary N) is 1. The van der Waals surface area contributed by atoms with Crippen LogP contribution < -0.4 is 5.32 Å². The summed E-state index contributed by atoms with van der Waals surface area (Å²) in [5.74, 6) is 2.80. The normalized spacial score (nSPS) is 14.3. The minimum Gasteiger partial charge on any atom is -0.296 e. The van der Waals surface area contributed by atoms with Gasteiger partial charge in [0.15, 0.2) is 0 Å². The van der Waals surface area contributed by atoms with Crippen molar-refractivity contribution in [1.82, 2.24) is 5.32 Å². The molecule has 1 nitrogen and oxygen atoms in total. The monoisotopic (exact) mass is 257 g/mol. The van der Waals surface area contributed by atoms with Gasteiger partial charge in [-0.3, -0.25) is 5.32 Å². The Labute approximate surface area is 113 Å². The molecule has 2 heteroatoms. The molecule has 0 saturated heterocycles. The molecule has 2 aromatic rings. The Morgan fingerprint density at radius 2 is 2.11 bits per heavy atom. The molecule has 2 unspecified atom stereocenters. The van der Waals surface area contributed by atoms with Gasteiger partial charge in [0, 0.05) is 15.6 Å². The van der Waals surface area contributed by atoms with Gasteiger partial charge in [0.25, 0.3) is 0 Å². The molecule has 0 saturated carbocycles. The third-order valence-electron chi connectivity index (χ3n) is 3.33. The number of hydrogen-bond donors (Lipinski definition) is 1. The predicted molar refractivity (Wildman–Crippen MR) is 81.0 cm³/mol. The van der Waals surface area contributed by atoms with Crippen LogP contribution in [0.1, 0.15) is 36.8 Å². The van der Waals surface area contributed by atoms with E-state index in [1.165, 1.54) is 20.5 Å². The molecule has 94 valence electrons. The van der Waals surface area contributed by atoms with Crippen molar-refractivity contribution in [1.29, 1.82) is 0 Å². The average Bonchev–Trinajstić information content (AvgIpc) is 2.74. The third-order valence-corrected chi connectivity index (χ3v) is 4.79. The zero-order valence-corrected chi connectivity index (χ0v) is 12.0. The fraction of sp³-hybridized carbons (Fsp3) is 0.375. The lowest BCUT2D eigenvalue weighted by atomic mass is 10.1. The second kappa shape index (κ2) is 5.56. The predicted octanol–water partition coefficient (Wildman–Crippen LogP) is 4.27. The Kier molecular flexibility index (Phi) is 4.06. The van der Waals surface area contributed by atoms with E-state index in [0.29, 0.717) is 6.04 Å². The van der Waals surface area contributed by atoms with Crippen molar-refractivity contribution < 1.29 is 0 Å². The SMILES string of the molecule is C#CC(CC)NC(C)c1sc2ccccc2c1C. The number of terminal acetylenes is 1. The molecule has 2 atom stereocenters. The first kappa shape index (κ1) is 13.1. The molecular weight excluding hydrogens is 238 g/mol. The number of benzene rings is 1. The molecule has 1 heterocycles. The van der Waals surface area contributed by atoms with Crippen LogP contribution in [0.3, 0.4) is 0 Å². The molecule has 2 rings (SSSR count). The minimum atomic E-state index is 0.157. The van der Waals surface area contributed by atoms with Gasteiger partial charge in [-0.05, 0) is 37.3 Å². The van der Waals surface area contributed by atoms with Crippen LogP contribution >= 0.6 is 11.3 Å². The van der Waals surface area contributed by atoms with E-state index in [4.69, 9.17) is 6.42 Å². The maximum Gasteiger partial charge on any atom is 0.0689 e. The molecule has 1 aromatic carbocycles. The highest BCUT2D eigenvalue weighted by Gasteiger charge is 2.16. The summed E-state index contributed by atoms with van der Waals surface area (Å²) in [6.07, 6.45) is 6.48. The average molecular weight is 257 g/mol. The first-order chi connectivity index (χ1) is 8.67. The highest BCUT2D eigenvalue weighted by atomic mass is 32.1. The van der Waals surface area contributed by atoms with Gasteiger partial charge in [-0.1, -0.05) is 31.0 Å². The molecule has 0 spiro atoms. The van der Waals surface area contributed by atoms with E-state index >= 15 is 0 Å². The number of aryl methyl sites for hydroxylation is 1. The van der Waals surface area contributed by atoms with Crippen LogP contribution in [0.5, 0.6) is 0 Å². The molecule has 0 radical (unpaired) electrons. The Morgan fingerprint density at radius 3 is 2.72 bits per heavy atom. The van der Waals surface area contributed by atoms with E-state index in [9.17, 15) is 0 Å². The standard InChI is InChI=1S/C16H19NS/c1-5-13(6-2)17-12(4)16-11(3)14-9-7-8-10-15(14)18-16/h1,7-10,12-13,17H,6H2,2-4H3. The summed E-state index contributed by atoms with van der Waals surface area (Å²) in [6.45, 7) is 6.50. The Morgan fingerprint density at radius 1 is 1.39 bits per heavy atom. The number of rotatable bonds is 4. The Bertz CT molecular complexity index is 576. The van der Waals surface area contributed by atoms with E-state index in [-0.39, 0.29) is 6.04 Å². The highest BCUT2D eigenvalue weighted by Crippen LogP contribution is 2.34. The van der Waals surface area contributed by atoms with Crippen LogP contribution in [0.4, 0.5) is 0 Å². The van der Waals surface area contributed by atoms with Crippen molar-refractivity contribution in [2.45, 2.75) is 39.3 Å².